The van der Waals surface area contributed by atoms with Crippen LogP contribution in [0.2, 0.25) is 0 Å². The van der Waals surface area contributed by atoms with E-state index in [1.807, 2.05) is 46.8 Å². The van der Waals surface area contributed by atoms with Crippen molar-refractivity contribution in [3.05, 3.63) is 88.0 Å². The molecule has 1 saturated heterocycles. The summed E-state index contributed by atoms with van der Waals surface area (Å²) in [6, 6.07) is 16.0. The van der Waals surface area contributed by atoms with Crippen LogP contribution in [0.4, 0.5) is 10.8 Å². The van der Waals surface area contributed by atoms with E-state index in [0.717, 1.165) is 41.5 Å². The van der Waals surface area contributed by atoms with Crippen LogP contribution in [0, 0.1) is 10.1 Å². The molecule has 178 valence electrons. The first-order valence-electron chi connectivity index (χ1n) is 11.4. The maximum absolute atomic E-state index is 13.4. The highest BCUT2D eigenvalue weighted by Crippen LogP contribution is 2.27. The third-order valence-corrected chi connectivity index (χ3v) is 6.87. The van der Waals surface area contributed by atoms with Crippen LogP contribution in [0.15, 0.2) is 72.4 Å². The molecule has 0 aliphatic carbocycles. The number of amides is 1. The van der Waals surface area contributed by atoms with Gasteiger partial charge in [0.25, 0.3) is 5.69 Å². The molecular formula is C25H24N6O3S. The van der Waals surface area contributed by atoms with Gasteiger partial charge in [0.2, 0.25) is 5.91 Å². The molecule has 1 aliphatic heterocycles. The van der Waals surface area contributed by atoms with Gasteiger partial charge in [-0.15, -0.1) is 11.3 Å². The minimum absolute atomic E-state index is 0.0169. The van der Waals surface area contributed by atoms with Crippen molar-refractivity contribution in [1.29, 1.82) is 0 Å². The fraction of sp³-hybridized carbons (Fsp3) is 0.240. The highest BCUT2D eigenvalue weighted by Gasteiger charge is 2.23. The molecule has 0 unspecified atom stereocenters. The number of para-hydroxylation sites is 1. The second-order valence-electron chi connectivity index (χ2n) is 8.30. The molecule has 10 heteroatoms. The normalized spacial score (nSPS) is 14.1. The fourth-order valence-electron chi connectivity index (χ4n) is 4.24. The van der Waals surface area contributed by atoms with Crippen LogP contribution in [0.5, 0.6) is 0 Å². The van der Waals surface area contributed by atoms with Crippen LogP contribution in [0.25, 0.3) is 16.9 Å². The predicted molar refractivity (Wildman–Crippen MR) is 135 cm³/mol. The highest BCUT2D eigenvalue weighted by atomic mass is 32.1. The summed E-state index contributed by atoms with van der Waals surface area (Å²) in [5.74, 6) is 0.0433. The lowest BCUT2D eigenvalue weighted by Gasteiger charge is -2.21. The second kappa shape index (κ2) is 10.1. The first-order valence-corrected chi connectivity index (χ1v) is 12.3. The van der Waals surface area contributed by atoms with Gasteiger partial charge < -0.3 is 9.80 Å². The van der Waals surface area contributed by atoms with Crippen molar-refractivity contribution in [3.63, 3.8) is 0 Å². The molecule has 4 aromatic rings. The van der Waals surface area contributed by atoms with Crippen molar-refractivity contribution in [2.75, 3.05) is 31.1 Å². The number of hydrogen-bond acceptors (Lipinski definition) is 7. The van der Waals surface area contributed by atoms with Crippen molar-refractivity contribution < 1.29 is 9.72 Å². The number of nitrogens with zero attached hydrogens (tertiary/aromatic N) is 6. The topological polar surface area (TPSA) is 97.4 Å². The number of rotatable bonds is 6. The van der Waals surface area contributed by atoms with E-state index in [1.54, 1.807) is 34.3 Å². The van der Waals surface area contributed by atoms with Gasteiger partial charge >= 0.3 is 0 Å². The quantitative estimate of drug-likeness (QED) is 0.298. The standard InChI is InChI=1S/C25H24N6O3S/c32-23(28-12-4-13-29(15-14-28)25-26-11-16-35-25)17-20-18-30(21-5-2-1-3-6-21)27-24(20)19-7-9-22(10-8-19)31(33)34/h1-3,5-11,16,18H,4,12-15,17H2. The van der Waals surface area contributed by atoms with Gasteiger partial charge in [-0.2, -0.15) is 5.10 Å². The highest BCUT2D eigenvalue weighted by molar-refractivity contribution is 7.13. The van der Waals surface area contributed by atoms with Gasteiger partial charge in [-0.25, -0.2) is 9.67 Å². The Bertz CT molecular complexity index is 1300. The van der Waals surface area contributed by atoms with Gasteiger partial charge in [0.1, 0.15) is 0 Å². The number of non-ortho nitro benzene ring substituents is 1. The number of benzene rings is 2. The van der Waals surface area contributed by atoms with Crippen LogP contribution in [-0.2, 0) is 11.2 Å². The van der Waals surface area contributed by atoms with Crippen molar-refractivity contribution in [3.8, 4) is 16.9 Å². The molecule has 0 N–H and O–H groups in total. The molecule has 2 aromatic heterocycles. The molecule has 0 spiro atoms. The van der Waals surface area contributed by atoms with Gasteiger partial charge in [0.05, 0.1) is 22.7 Å². The Kier molecular flexibility index (Phi) is 6.53. The summed E-state index contributed by atoms with van der Waals surface area (Å²) < 4.78 is 1.76. The number of hydrogen-bond donors (Lipinski definition) is 0. The molecule has 9 nitrogen and oxygen atoms in total. The minimum Gasteiger partial charge on any atom is -0.346 e. The molecule has 35 heavy (non-hydrogen) atoms. The average Bonchev–Trinajstić information content (AvgIpc) is 3.50. The molecule has 2 aromatic carbocycles. The van der Waals surface area contributed by atoms with Gasteiger partial charge in [-0.05, 0) is 30.7 Å². The molecular weight excluding hydrogens is 464 g/mol. The smallest absolute Gasteiger partial charge is 0.269 e. The number of nitro groups is 1. The summed E-state index contributed by atoms with van der Waals surface area (Å²) in [5, 5.41) is 18.8. The second-order valence-corrected chi connectivity index (χ2v) is 9.17. The van der Waals surface area contributed by atoms with Crippen molar-refractivity contribution in [1.82, 2.24) is 19.7 Å². The van der Waals surface area contributed by atoms with E-state index in [9.17, 15) is 14.9 Å². The Balaban J connectivity index is 1.39. The van der Waals surface area contributed by atoms with Crippen LogP contribution in [0.3, 0.4) is 0 Å². The molecule has 1 fully saturated rings. The zero-order chi connectivity index (χ0) is 24.2. The summed E-state index contributed by atoms with van der Waals surface area (Å²) in [4.78, 5) is 32.5. The Hall–Kier alpha value is -4.05. The average molecular weight is 489 g/mol. The van der Waals surface area contributed by atoms with Gasteiger partial charge in [0.15, 0.2) is 5.13 Å². The van der Waals surface area contributed by atoms with E-state index in [1.165, 1.54) is 12.1 Å². The SMILES string of the molecule is O=C(Cc1cn(-c2ccccc2)nc1-c1ccc([N+](=O)[O-])cc1)N1CCCN(c2nccs2)CC1. The Morgan fingerprint density at radius 3 is 2.54 bits per heavy atom. The van der Waals surface area contributed by atoms with Crippen molar-refractivity contribution >= 4 is 28.1 Å². The Morgan fingerprint density at radius 2 is 1.83 bits per heavy atom. The zero-order valence-corrected chi connectivity index (χ0v) is 19.8. The van der Waals surface area contributed by atoms with Gasteiger partial charge in [-0.3, -0.25) is 14.9 Å². The number of aromatic nitrogens is 3. The summed E-state index contributed by atoms with van der Waals surface area (Å²) in [6.07, 6.45) is 4.77. The number of carbonyl (C=O) groups excluding carboxylic acids is 1. The maximum Gasteiger partial charge on any atom is 0.269 e. The van der Waals surface area contributed by atoms with E-state index in [4.69, 9.17) is 5.10 Å². The van der Waals surface area contributed by atoms with E-state index in [-0.39, 0.29) is 18.0 Å². The minimum atomic E-state index is -0.425. The molecule has 1 amide bonds. The molecule has 1 aliphatic rings. The number of nitro benzene ring substituents is 1. The molecule has 0 radical (unpaired) electrons. The first kappa shape index (κ1) is 22.7. The van der Waals surface area contributed by atoms with Crippen molar-refractivity contribution in [2.45, 2.75) is 12.8 Å². The Morgan fingerprint density at radius 1 is 1.03 bits per heavy atom. The fourth-order valence-corrected chi connectivity index (χ4v) is 4.94. The number of anilines is 1. The third-order valence-electron chi connectivity index (χ3n) is 6.04. The van der Waals surface area contributed by atoms with Crippen LogP contribution in [-0.4, -0.2) is 56.7 Å². The van der Waals surface area contributed by atoms with Crippen LogP contribution >= 0.6 is 11.3 Å². The molecule has 0 saturated carbocycles. The zero-order valence-electron chi connectivity index (χ0n) is 19.0. The number of carbonyl (C=O) groups is 1. The maximum atomic E-state index is 13.4. The largest absolute Gasteiger partial charge is 0.346 e. The van der Waals surface area contributed by atoms with E-state index in [2.05, 4.69) is 9.88 Å². The summed E-state index contributed by atoms with van der Waals surface area (Å²) in [7, 11) is 0. The summed E-state index contributed by atoms with van der Waals surface area (Å²) >= 11 is 1.61. The molecule has 0 atom stereocenters. The van der Waals surface area contributed by atoms with Crippen LogP contribution in [0.1, 0.15) is 12.0 Å². The third kappa shape index (κ3) is 5.07. The summed E-state index contributed by atoms with van der Waals surface area (Å²) in [5.41, 5.74) is 3.07. The lowest BCUT2D eigenvalue weighted by Crippen LogP contribution is -2.36. The predicted octanol–water partition coefficient (Wildman–Crippen LogP) is 4.19. The van der Waals surface area contributed by atoms with Gasteiger partial charge in [-0.1, -0.05) is 18.2 Å². The molecule has 5 rings (SSSR count). The van der Waals surface area contributed by atoms with E-state index < -0.39 is 4.92 Å². The van der Waals surface area contributed by atoms with Crippen molar-refractivity contribution in [2.24, 2.45) is 0 Å². The lowest BCUT2D eigenvalue weighted by molar-refractivity contribution is -0.384. The molecule has 0 bridgehead atoms. The Labute approximate surface area is 206 Å². The first-order chi connectivity index (χ1) is 17.1. The molecule has 3 heterocycles. The summed E-state index contributed by atoms with van der Waals surface area (Å²) in [6.45, 7) is 2.95. The van der Waals surface area contributed by atoms with E-state index in [0.29, 0.717) is 18.8 Å². The van der Waals surface area contributed by atoms with E-state index >= 15 is 0 Å². The lowest BCUT2D eigenvalue weighted by atomic mass is 10.0. The monoisotopic (exact) mass is 488 g/mol. The number of thiazole rings is 1. The van der Waals surface area contributed by atoms with Gasteiger partial charge in [0, 0.05) is 67.2 Å². The van der Waals surface area contributed by atoms with Crippen LogP contribution < -0.4 is 4.90 Å².